The van der Waals surface area contributed by atoms with Crippen LogP contribution in [0.25, 0.3) is 0 Å². The van der Waals surface area contributed by atoms with E-state index in [1.807, 2.05) is 12.1 Å². The number of fused-ring (bicyclic) bond motifs is 9. The van der Waals surface area contributed by atoms with Crippen molar-refractivity contribution in [3.8, 4) is 5.75 Å². The average Bonchev–Trinajstić information content (AvgIpc) is 3.75. The topological polar surface area (TPSA) is 123 Å². The van der Waals surface area contributed by atoms with E-state index in [4.69, 9.17) is 27.9 Å². The highest BCUT2D eigenvalue weighted by Crippen LogP contribution is 2.69. The molecule has 3 aromatic carbocycles. The monoisotopic (exact) mass is 679 g/mol. The van der Waals surface area contributed by atoms with Crippen molar-refractivity contribution in [3.05, 3.63) is 113 Å². The third-order valence-electron chi connectivity index (χ3n) is 9.63. The fraction of sp³-hybridized carbons (Fsp3) is 0.281. The number of thiazole rings is 1. The summed E-state index contributed by atoms with van der Waals surface area (Å²) < 4.78 is 6.31. The summed E-state index contributed by atoms with van der Waals surface area (Å²) in [6.45, 7) is 0.178. The molecule has 4 aliphatic rings. The number of hydrogen-bond donors (Lipinski definition) is 1. The Balaban J connectivity index is 1.22. The van der Waals surface area contributed by atoms with E-state index in [1.54, 1.807) is 54.2 Å². The number of imide groups is 1. The fourth-order valence-electron chi connectivity index (χ4n) is 8.02. The Kier molecular flexibility index (Phi) is 6.86. The van der Waals surface area contributed by atoms with Crippen molar-refractivity contribution in [3.63, 3.8) is 0 Å². The number of anilines is 1. The van der Waals surface area contributed by atoms with Gasteiger partial charge in [-0.1, -0.05) is 46.7 Å². The minimum atomic E-state index is -0.519. The molecule has 45 heavy (non-hydrogen) atoms. The Hall–Kier alpha value is -3.64. The van der Waals surface area contributed by atoms with Crippen LogP contribution in [0.2, 0.25) is 10.0 Å². The molecule has 1 saturated heterocycles. The number of halogens is 2. The first-order chi connectivity index (χ1) is 21.7. The molecule has 9 nitrogen and oxygen atoms in total. The summed E-state index contributed by atoms with van der Waals surface area (Å²) in [6, 6.07) is 18.5. The van der Waals surface area contributed by atoms with Crippen LogP contribution in [0.1, 0.15) is 28.3 Å². The van der Waals surface area contributed by atoms with Crippen LogP contribution in [-0.4, -0.2) is 27.0 Å². The number of carbonyl (C=O) groups excluding carboxylic acids is 2. The van der Waals surface area contributed by atoms with Gasteiger partial charge in [0.05, 0.1) is 27.5 Å². The van der Waals surface area contributed by atoms with Gasteiger partial charge in [-0.05, 0) is 72.2 Å². The number of nitrogens with one attached hydrogen (secondary N) is 1. The molecule has 8 rings (SSSR count). The number of nitro groups is 1. The minimum Gasteiger partial charge on any atom is -0.489 e. The van der Waals surface area contributed by atoms with Crippen molar-refractivity contribution in [2.45, 2.75) is 29.2 Å². The molecule has 0 unspecified atom stereocenters. The first-order valence-corrected chi connectivity index (χ1v) is 16.8. The molecule has 4 aromatic rings. The Morgan fingerprint density at radius 2 is 1.71 bits per heavy atom. The van der Waals surface area contributed by atoms with Gasteiger partial charge in [0.15, 0.2) is 0 Å². The summed E-state index contributed by atoms with van der Waals surface area (Å²) in [5.41, 5.74) is 1.82. The highest BCUT2D eigenvalue weighted by Gasteiger charge is 2.70. The van der Waals surface area contributed by atoms with E-state index in [0.717, 1.165) is 21.8 Å². The number of non-ortho nitro benzene ring substituents is 1. The molecule has 13 heteroatoms. The second-order valence-corrected chi connectivity index (χ2v) is 14.9. The van der Waals surface area contributed by atoms with Gasteiger partial charge < -0.3 is 9.72 Å². The van der Waals surface area contributed by atoms with Crippen LogP contribution >= 0.6 is 46.3 Å². The second-order valence-electron chi connectivity index (χ2n) is 11.8. The molecule has 0 spiro atoms. The number of benzene rings is 3. The molecular formula is C32H23Cl2N3O6S2. The lowest BCUT2D eigenvalue weighted by Crippen LogP contribution is -2.42. The molecule has 2 amide bonds. The molecule has 1 N–H and O–H groups in total. The predicted molar refractivity (Wildman–Crippen MR) is 171 cm³/mol. The number of rotatable bonds is 6. The Morgan fingerprint density at radius 3 is 2.44 bits per heavy atom. The van der Waals surface area contributed by atoms with E-state index < -0.39 is 22.7 Å². The number of nitrogens with zero attached hydrogens (tertiary/aromatic N) is 2. The quantitative estimate of drug-likeness (QED) is 0.133. The number of thioether (sulfide) groups is 1. The molecule has 3 fully saturated rings. The summed E-state index contributed by atoms with van der Waals surface area (Å²) in [6.07, 6.45) is 0.687. The average molecular weight is 681 g/mol. The molecule has 0 radical (unpaired) electrons. The second kappa shape index (κ2) is 10.7. The maximum absolute atomic E-state index is 14.0. The fourth-order valence-corrected chi connectivity index (χ4v) is 11.2. The number of nitro benzene ring substituents is 1. The first kappa shape index (κ1) is 28.8. The van der Waals surface area contributed by atoms with Gasteiger partial charge in [0.2, 0.25) is 11.8 Å². The Morgan fingerprint density at radius 1 is 0.956 bits per heavy atom. The number of amides is 2. The number of carbonyl (C=O) groups is 2. The summed E-state index contributed by atoms with van der Waals surface area (Å²) >= 11 is 14.9. The minimum absolute atomic E-state index is 0.0824. The van der Waals surface area contributed by atoms with Crippen LogP contribution in [0.5, 0.6) is 5.75 Å². The molecule has 2 aliphatic heterocycles. The zero-order valence-corrected chi connectivity index (χ0v) is 26.4. The lowest BCUT2D eigenvalue weighted by atomic mass is 9.68. The summed E-state index contributed by atoms with van der Waals surface area (Å²) in [4.78, 5) is 57.0. The number of ether oxygens (including phenoxy) is 1. The van der Waals surface area contributed by atoms with Crippen molar-refractivity contribution in [2.24, 2.45) is 29.6 Å². The highest BCUT2D eigenvalue weighted by atomic mass is 35.5. The number of aromatic amines is 1. The SMILES string of the molecule is O=C1[C@H]2[C@H]3C[C@@H]([C@@H]2C(=O)N1c1ccc(Cl)cc1)[C@H]1[C@H](c2cc([N+](=O)[O-])ccc2OCc2cccc(Cl)c2)c2sc(=O)[nH]c2S[C@H]31. The molecular weight excluding hydrogens is 657 g/mol. The van der Waals surface area contributed by atoms with E-state index in [1.165, 1.54) is 17.0 Å². The van der Waals surface area contributed by atoms with Crippen LogP contribution < -0.4 is 14.5 Å². The van der Waals surface area contributed by atoms with E-state index in [9.17, 15) is 24.5 Å². The van der Waals surface area contributed by atoms with Crippen molar-refractivity contribution >= 4 is 69.5 Å². The lowest BCUT2D eigenvalue weighted by molar-refractivity contribution is -0.385. The molecule has 228 valence electrons. The van der Waals surface area contributed by atoms with Crippen LogP contribution in [0.15, 0.2) is 76.6 Å². The third kappa shape index (κ3) is 4.54. The van der Waals surface area contributed by atoms with Crippen LogP contribution in [0.3, 0.4) is 0 Å². The maximum Gasteiger partial charge on any atom is 0.305 e. The van der Waals surface area contributed by atoms with Crippen molar-refractivity contribution < 1.29 is 19.2 Å². The number of H-pyrrole nitrogens is 1. The van der Waals surface area contributed by atoms with Crippen LogP contribution in [-0.2, 0) is 16.2 Å². The van der Waals surface area contributed by atoms with Gasteiger partial charge in [0.1, 0.15) is 12.4 Å². The lowest BCUT2D eigenvalue weighted by Gasteiger charge is -2.43. The summed E-state index contributed by atoms with van der Waals surface area (Å²) in [5.74, 6) is -1.84. The van der Waals surface area contributed by atoms with E-state index >= 15 is 0 Å². The van der Waals surface area contributed by atoms with Gasteiger partial charge in [0, 0.05) is 43.8 Å². The molecule has 7 atom stereocenters. The summed E-state index contributed by atoms with van der Waals surface area (Å²) in [5, 5.41) is 13.7. The van der Waals surface area contributed by atoms with Crippen molar-refractivity contribution in [1.29, 1.82) is 0 Å². The molecule has 3 heterocycles. The smallest absolute Gasteiger partial charge is 0.305 e. The van der Waals surface area contributed by atoms with Gasteiger partial charge >= 0.3 is 4.87 Å². The summed E-state index contributed by atoms with van der Waals surface area (Å²) in [7, 11) is 0. The Bertz CT molecular complexity index is 1960. The zero-order chi connectivity index (χ0) is 31.1. The number of hydrogen-bond acceptors (Lipinski definition) is 8. The highest BCUT2D eigenvalue weighted by molar-refractivity contribution is 8.00. The van der Waals surface area contributed by atoms with E-state index in [2.05, 4.69) is 4.98 Å². The number of aromatic nitrogens is 1. The largest absolute Gasteiger partial charge is 0.489 e. The standard InChI is InChI=1S/C32H23Cl2N3O6S2/c33-15-4-6-17(7-5-15)36-30(38)25-20-12-21(26(25)31(36)39)27-24(20)23(28-29(44-27)35-32(40)45-28)19-11-18(37(41)42)8-9-22(19)43-13-14-2-1-3-16(34)10-14/h1-11,20-21,23-27H,12-13H2,(H,35,40)/t20-,21-,23+,24+,25+,26+,27-/m1/s1. The predicted octanol–water partition coefficient (Wildman–Crippen LogP) is 6.91. The van der Waals surface area contributed by atoms with E-state index in [-0.39, 0.29) is 52.0 Å². The van der Waals surface area contributed by atoms with Gasteiger partial charge in [-0.15, -0.1) is 11.8 Å². The zero-order valence-electron chi connectivity index (χ0n) is 23.2. The van der Waals surface area contributed by atoms with E-state index in [0.29, 0.717) is 38.5 Å². The van der Waals surface area contributed by atoms with Crippen molar-refractivity contribution in [1.82, 2.24) is 4.98 Å². The normalized spacial score (nSPS) is 27.8. The molecule has 1 aromatic heterocycles. The molecule has 2 aliphatic carbocycles. The third-order valence-corrected chi connectivity index (χ3v) is 12.7. The molecule has 2 saturated carbocycles. The molecule has 2 bridgehead atoms. The van der Waals surface area contributed by atoms with Gasteiger partial charge in [-0.25, -0.2) is 0 Å². The van der Waals surface area contributed by atoms with Crippen LogP contribution in [0.4, 0.5) is 11.4 Å². The van der Waals surface area contributed by atoms with Crippen molar-refractivity contribution in [2.75, 3.05) is 4.90 Å². The van der Waals surface area contributed by atoms with Gasteiger partial charge in [0.25, 0.3) is 5.69 Å². The Labute approximate surface area is 274 Å². The van der Waals surface area contributed by atoms with Gasteiger partial charge in [-0.3, -0.25) is 29.4 Å². The maximum atomic E-state index is 14.0. The van der Waals surface area contributed by atoms with Crippen LogP contribution in [0, 0.1) is 39.7 Å². The van der Waals surface area contributed by atoms with Gasteiger partial charge in [-0.2, -0.15) is 0 Å². The first-order valence-electron chi connectivity index (χ1n) is 14.4.